The summed E-state index contributed by atoms with van der Waals surface area (Å²) in [4.78, 5) is 204. The van der Waals surface area contributed by atoms with Crippen LogP contribution >= 0.6 is 11.8 Å². The molecule has 4 aromatic heterocycles. The maximum atomic E-state index is 14.7. The van der Waals surface area contributed by atoms with Gasteiger partial charge < -0.3 is 116 Å². The first kappa shape index (κ1) is 101. The molecule has 0 bridgehead atoms. The van der Waals surface area contributed by atoms with Crippen molar-refractivity contribution < 1.29 is 62.2 Å². The number of piperazine rings is 2. The lowest BCUT2D eigenvalue weighted by atomic mass is 10.0. The van der Waals surface area contributed by atoms with Gasteiger partial charge in [-0.15, -0.1) is 0 Å². The third-order valence-corrected chi connectivity index (χ3v) is 28.3. The average Bonchev–Trinajstić information content (AvgIpc) is 1.64. The fourth-order valence-corrected chi connectivity index (χ4v) is 19.3. The number of ether oxygens (including phenoxy) is 2. The third kappa shape index (κ3) is 25.7. The van der Waals surface area contributed by atoms with Gasteiger partial charge in [0.2, 0.25) is 59.1 Å². The summed E-state index contributed by atoms with van der Waals surface area (Å²) in [6.07, 6.45) is 4.13. The van der Waals surface area contributed by atoms with E-state index in [1.165, 1.54) is 72.1 Å². The number of nitrogens with two attached hydrogens (primary N) is 2. The topological polar surface area (TPSA) is 448 Å². The second-order valence-corrected chi connectivity index (χ2v) is 37.9. The van der Waals surface area contributed by atoms with Crippen LogP contribution in [0.1, 0.15) is 91.4 Å². The van der Waals surface area contributed by atoms with Crippen LogP contribution < -0.4 is 46.7 Å². The number of nitrogens with zero attached hydrogens (tertiary/aromatic N) is 16. The highest BCUT2D eigenvalue weighted by Gasteiger charge is 2.43. The van der Waals surface area contributed by atoms with Crippen LogP contribution in [0.25, 0.3) is 89.7 Å². The van der Waals surface area contributed by atoms with E-state index >= 15 is 0 Å². The Morgan fingerprint density at radius 2 is 0.935 bits per heavy atom. The number of benzene rings is 6. The molecule has 10 aromatic rings. The summed E-state index contributed by atoms with van der Waals surface area (Å²) in [5.41, 5.74) is 24.3. The van der Waals surface area contributed by atoms with Crippen LogP contribution in [0.4, 0.5) is 16.2 Å². The highest BCUT2D eigenvalue weighted by atomic mass is 32.2. The molecule has 4 saturated heterocycles. The Kier molecular flexibility index (Phi) is 34.0. The number of aromatic nitrogens is 8. The molecule has 736 valence electrons. The first-order chi connectivity index (χ1) is 66.4. The quantitative estimate of drug-likeness (QED) is 0.0140. The molecule has 14 rings (SSSR count). The van der Waals surface area contributed by atoms with Gasteiger partial charge in [-0.25, -0.2) is 24.7 Å². The second-order valence-electron chi connectivity index (χ2n) is 36.6. The highest BCUT2D eigenvalue weighted by molar-refractivity contribution is 8.00. The number of amides is 12. The van der Waals surface area contributed by atoms with Crippen LogP contribution in [0.3, 0.4) is 0 Å². The summed E-state index contributed by atoms with van der Waals surface area (Å²) < 4.78 is 12.3. The van der Waals surface area contributed by atoms with E-state index in [9.17, 15) is 52.7 Å². The zero-order chi connectivity index (χ0) is 98.0. The number of carbonyl (C=O) groups is 11. The molecular formula is C99H131N25O13S. The van der Waals surface area contributed by atoms with Crippen molar-refractivity contribution >= 4 is 132 Å². The maximum Gasteiger partial charge on any atom is 0.315 e. The number of hydrogen-bond acceptors (Lipinski definition) is 23. The summed E-state index contributed by atoms with van der Waals surface area (Å²) in [6.45, 7) is 11.3. The molecule has 8 heterocycles. The molecule has 6 aromatic carbocycles. The number of fused-ring (bicyclic) bond motifs is 5. The number of H-pyrrole nitrogens is 4. The van der Waals surface area contributed by atoms with Gasteiger partial charge in [0, 0.05) is 204 Å². The van der Waals surface area contributed by atoms with Crippen molar-refractivity contribution in [1.29, 1.82) is 0 Å². The predicted octanol–water partition coefficient (Wildman–Crippen LogP) is 6.78. The number of urea groups is 1. The number of aromatic amines is 4. The summed E-state index contributed by atoms with van der Waals surface area (Å²) >= 11 is 1.80. The van der Waals surface area contributed by atoms with Crippen LogP contribution in [-0.4, -0.2) is 376 Å². The van der Waals surface area contributed by atoms with Crippen molar-refractivity contribution in [3.05, 3.63) is 121 Å². The molecule has 4 aliphatic heterocycles. The van der Waals surface area contributed by atoms with Gasteiger partial charge in [-0.3, -0.25) is 47.9 Å². The molecule has 12 amide bonds. The van der Waals surface area contributed by atoms with Crippen molar-refractivity contribution in [1.82, 2.24) is 105 Å². The van der Waals surface area contributed by atoms with E-state index < -0.39 is 79.1 Å². The number of anilines is 2. The highest BCUT2D eigenvalue weighted by Crippen LogP contribution is 2.36. The van der Waals surface area contributed by atoms with E-state index in [1.54, 1.807) is 30.8 Å². The Morgan fingerprint density at radius 3 is 1.46 bits per heavy atom. The van der Waals surface area contributed by atoms with E-state index in [0.29, 0.717) is 61.8 Å². The van der Waals surface area contributed by atoms with Gasteiger partial charge >= 0.3 is 6.03 Å². The minimum atomic E-state index is -1.23. The number of imidazole rings is 4. The molecule has 4 fully saturated rings. The standard InChI is InChI=1S/C99H131N25O13S/c1-63(96(132)118(9)64(2)97(133)119(10)65(3)98(134)124(59-84(101)125)39-14-13-38-115(6)86(127)25-17-51-136-72-21-15-19-66(53-72)92-103-74-31-27-68(55-78(74)107-92)94-105-76-33-29-70(57-80(76)109-94)120-46-41-113(4)42-47-120)117(8)89(130)60-123(90(131)61-122(88(129)35-36-100)40-37-102-85(126)24-12-11-23-83-91-82(62-138-83)111-99(135)112-91)50-45-116(7)87(128)26-18-52-137-73-22-16-20-67(54-73)93-104-75-32-28-69(56-79(75)108-93)95-106-77-34-30-71(58-81(77)110-95)121-48-43-114(5)44-49-121/h15-16,19-22,27-34,53-58,63-65,82-83,91H,11-14,17-18,23-26,35-52,59-62,100H2,1-10H3,(H2,101,125)(H,102,126)(H,103,107)(H,104,108)(H,105,109)(H,106,110)(H2,111,112,135)/t63-,64-,65-,82-,83-,91-/m0/s1. The largest absolute Gasteiger partial charge is 0.494 e. The molecule has 39 heteroatoms. The minimum Gasteiger partial charge on any atom is -0.494 e. The molecule has 138 heavy (non-hydrogen) atoms. The van der Waals surface area contributed by atoms with Crippen LogP contribution in [0.15, 0.2) is 121 Å². The summed E-state index contributed by atoms with van der Waals surface area (Å²) in [5, 5.41) is 9.04. The molecule has 38 nitrogen and oxygen atoms in total. The number of carbonyl (C=O) groups excluding carboxylic acids is 11. The van der Waals surface area contributed by atoms with Gasteiger partial charge in [-0.1, -0.05) is 30.7 Å². The summed E-state index contributed by atoms with van der Waals surface area (Å²) in [7, 11) is 11.7. The van der Waals surface area contributed by atoms with Crippen molar-refractivity contribution in [2.75, 3.05) is 196 Å². The average molecular weight is 1910 g/mol. The molecule has 11 N–H and O–H groups in total. The van der Waals surface area contributed by atoms with E-state index in [1.807, 2.05) is 84.9 Å². The van der Waals surface area contributed by atoms with Crippen molar-refractivity contribution in [3.8, 4) is 57.1 Å². The predicted molar refractivity (Wildman–Crippen MR) is 533 cm³/mol. The Morgan fingerprint density at radius 1 is 0.457 bits per heavy atom. The van der Waals surface area contributed by atoms with Gasteiger partial charge in [0.25, 0.3) is 0 Å². The monoisotopic (exact) mass is 1910 g/mol. The first-order valence-corrected chi connectivity index (χ1v) is 48.8. The molecule has 0 radical (unpaired) electrons. The van der Waals surface area contributed by atoms with Gasteiger partial charge in [-0.05, 0) is 170 Å². The minimum absolute atomic E-state index is 0.000155. The zero-order valence-electron chi connectivity index (χ0n) is 80.7. The number of rotatable bonds is 46. The first-order valence-electron chi connectivity index (χ1n) is 47.8. The number of thioether (sulfide) groups is 1. The van der Waals surface area contributed by atoms with E-state index in [2.05, 4.69) is 106 Å². The van der Waals surface area contributed by atoms with Crippen LogP contribution in [-0.2, 0) is 47.9 Å². The number of unbranched alkanes of at least 4 members (excludes halogenated alkanes) is 2. The number of nitrogens with one attached hydrogen (secondary N) is 7. The van der Waals surface area contributed by atoms with E-state index in [-0.39, 0.29) is 119 Å². The van der Waals surface area contributed by atoms with Crippen LogP contribution in [0.2, 0.25) is 0 Å². The molecule has 4 aliphatic rings. The van der Waals surface area contributed by atoms with Crippen LogP contribution in [0.5, 0.6) is 11.5 Å². The van der Waals surface area contributed by atoms with Gasteiger partial charge in [0.15, 0.2) is 0 Å². The molecule has 0 unspecified atom stereocenters. The second kappa shape index (κ2) is 46.6. The lowest BCUT2D eigenvalue weighted by Gasteiger charge is -2.36. The zero-order valence-corrected chi connectivity index (χ0v) is 81.5. The summed E-state index contributed by atoms with van der Waals surface area (Å²) in [6, 6.07) is 36.3. The van der Waals surface area contributed by atoms with Gasteiger partial charge in [0.05, 0.1) is 89.1 Å². The third-order valence-electron chi connectivity index (χ3n) is 26.8. The van der Waals surface area contributed by atoms with E-state index in [0.717, 1.165) is 164 Å². The van der Waals surface area contributed by atoms with Gasteiger partial charge in [-0.2, -0.15) is 11.8 Å². The van der Waals surface area contributed by atoms with Gasteiger partial charge in [0.1, 0.15) is 52.9 Å². The Balaban J connectivity index is 0.534. The van der Waals surface area contributed by atoms with Crippen molar-refractivity contribution in [2.45, 2.75) is 127 Å². The van der Waals surface area contributed by atoms with Crippen molar-refractivity contribution in [3.63, 3.8) is 0 Å². The summed E-state index contributed by atoms with van der Waals surface area (Å²) in [5.74, 6) is -0.318. The normalized spacial score (nSPS) is 16.2. The fraction of sp³-hybridized carbons (Fsp3) is 0.485. The Labute approximate surface area is 807 Å². The van der Waals surface area contributed by atoms with Crippen LogP contribution in [0, 0.1) is 0 Å². The fourth-order valence-electron chi connectivity index (χ4n) is 17.7. The van der Waals surface area contributed by atoms with Crippen molar-refractivity contribution in [2.24, 2.45) is 11.5 Å². The number of hydrogen-bond donors (Lipinski definition) is 9. The lowest BCUT2D eigenvalue weighted by Crippen LogP contribution is -2.57. The SMILES string of the molecule is C[C@@H](C(=O)N(C)[C@@H](C)C(=O)N(C)[C@@H](C)C(=O)N(CCCCN(C)C(=O)CCCOc1cccc(-c2nc3ccc(-c4nc5cc(N6CCN(C)CC6)ccc5[nH]4)cc3[nH]2)c1)CC(N)=O)N(C)C(=O)CN(CCN(C)C(=O)CCCOc1cccc(-c2nc3ccc(-c4nc5cc(N6CCN(C)CC6)ccc5[nH]4)cc3[nH]2)c1)C(=O)CN(CCNC(=O)CCCC[C@@H]1SC[C@@H]2NC(=O)N[C@@H]21)C(=O)CCN. The molecule has 0 saturated carbocycles. The Bertz CT molecular complexity index is 6000. The molecule has 0 aliphatic carbocycles. The lowest BCUT2D eigenvalue weighted by molar-refractivity contribution is -0.152. The Hall–Kier alpha value is -13.4. The van der Waals surface area contributed by atoms with E-state index in [4.69, 9.17) is 40.9 Å². The number of likely N-dealkylation sites (N-methyl/N-ethyl adjacent to an activating group) is 6. The molecular weight excluding hydrogens is 1780 g/mol. The molecule has 6 atom stereocenters. The smallest absolute Gasteiger partial charge is 0.315 e. The maximum absolute atomic E-state index is 14.7. The number of primary amides is 1. The molecule has 0 spiro atoms.